The molecule has 0 saturated carbocycles. The predicted molar refractivity (Wildman–Crippen MR) is 64.0 cm³/mol. The molecule has 0 bridgehead atoms. The lowest BCUT2D eigenvalue weighted by Crippen LogP contribution is -2.35. The molecule has 0 aromatic heterocycles. The van der Waals surface area contributed by atoms with E-state index in [2.05, 4.69) is 4.99 Å². The van der Waals surface area contributed by atoms with Gasteiger partial charge in [0.25, 0.3) is 5.90 Å². The first kappa shape index (κ1) is 12.1. The number of alkyl halides is 2. The van der Waals surface area contributed by atoms with Crippen LogP contribution >= 0.6 is 23.2 Å². The van der Waals surface area contributed by atoms with E-state index < -0.39 is 9.38 Å². The Bertz CT molecular complexity index is 462. The van der Waals surface area contributed by atoms with Gasteiger partial charge in [0.15, 0.2) is 0 Å². The number of nitro groups is 1. The average molecular weight is 275 g/mol. The first-order valence-corrected chi connectivity index (χ1v) is 5.55. The first-order chi connectivity index (χ1) is 8.01. The molecule has 0 amide bonds. The summed E-state index contributed by atoms with van der Waals surface area (Å²) in [6.07, 6.45) is 0. The van der Waals surface area contributed by atoms with E-state index in [0.717, 1.165) is 5.56 Å². The average Bonchev–Trinajstić information content (AvgIpc) is 2.80. The second-order valence-electron chi connectivity index (χ2n) is 3.47. The van der Waals surface area contributed by atoms with Crippen LogP contribution in [0.3, 0.4) is 0 Å². The molecule has 17 heavy (non-hydrogen) atoms. The maximum absolute atomic E-state index is 10.6. The lowest BCUT2D eigenvalue weighted by Gasteiger charge is -2.08. The van der Waals surface area contributed by atoms with Crippen molar-refractivity contribution >= 4 is 29.1 Å². The summed E-state index contributed by atoms with van der Waals surface area (Å²) >= 11 is 11.1. The molecule has 7 heteroatoms. The monoisotopic (exact) mass is 274 g/mol. The second kappa shape index (κ2) is 4.50. The Morgan fingerprint density at radius 1 is 1.41 bits per heavy atom. The molecule has 0 saturated heterocycles. The van der Waals surface area contributed by atoms with Gasteiger partial charge in [0.1, 0.15) is 12.6 Å². The maximum Gasteiger partial charge on any atom is 0.445 e. The summed E-state index contributed by atoms with van der Waals surface area (Å²) in [6.45, 7) is 0.203. The zero-order chi connectivity index (χ0) is 12.5. The highest BCUT2D eigenvalue weighted by Crippen LogP contribution is 2.32. The Morgan fingerprint density at radius 3 is 2.65 bits per heavy atom. The van der Waals surface area contributed by atoms with Crippen molar-refractivity contribution in [3.05, 3.63) is 46.0 Å². The molecule has 0 fully saturated rings. The van der Waals surface area contributed by atoms with Gasteiger partial charge in [-0.05, 0) is 28.8 Å². The maximum atomic E-state index is 10.6. The Kier molecular flexibility index (Phi) is 3.22. The minimum atomic E-state index is -2.32. The highest BCUT2D eigenvalue weighted by Gasteiger charge is 2.49. The standard InChI is InChI=1S/C10H8Cl2N2O3/c11-10(12,14(15)16)9-13-8(6-17-9)7-4-2-1-3-5-7/h1-5,8H,6H2. The van der Waals surface area contributed by atoms with Crippen molar-refractivity contribution in [1.82, 2.24) is 0 Å². The van der Waals surface area contributed by atoms with Crippen molar-refractivity contribution in [3.8, 4) is 0 Å². The van der Waals surface area contributed by atoms with E-state index in [1.165, 1.54) is 0 Å². The third-order valence-corrected chi connectivity index (χ3v) is 2.92. The summed E-state index contributed by atoms with van der Waals surface area (Å²) in [5.41, 5.74) is 0.898. The molecule has 0 spiro atoms. The molecule has 5 nitrogen and oxygen atoms in total. The van der Waals surface area contributed by atoms with E-state index >= 15 is 0 Å². The molecule has 1 aliphatic rings. The van der Waals surface area contributed by atoms with Crippen molar-refractivity contribution in [2.24, 2.45) is 4.99 Å². The molecule has 1 aliphatic heterocycles. The second-order valence-corrected chi connectivity index (χ2v) is 4.76. The van der Waals surface area contributed by atoms with Crippen LogP contribution in [0.2, 0.25) is 0 Å². The largest absolute Gasteiger partial charge is 0.471 e. The van der Waals surface area contributed by atoms with Gasteiger partial charge in [0.2, 0.25) is 0 Å². The van der Waals surface area contributed by atoms with Gasteiger partial charge < -0.3 is 4.74 Å². The van der Waals surface area contributed by atoms with Crippen molar-refractivity contribution in [3.63, 3.8) is 0 Å². The fourth-order valence-electron chi connectivity index (χ4n) is 1.46. The minimum absolute atomic E-state index is 0.203. The third kappa shape index (κ3) is 2.35. The van der Waals surface area contributed by atoms with Crippen LogP contribution in [0.4, 0.5) is 0 Å². The molecule has 0 aliphatic carbocycles. The van der Waals surface area contributed by atoms with Gasteiger partial charge in [0.05, 0.1) is 4.92 Å². The van der Waals surface area contributed by atoms with Crippen LogP contribution in [-0.2, 0) is 4.74 Å². The molecular formula is C10H8Cl2N2O3. The Hall–Kier alpha value is -1.33. The van der Waals surface area contributed by atoms with Crippen LogP contribution < -0.4 is 0 Å². The number of aliphatic imine (C=N–C) groups is 1. The van der Waals surface area contributed by atoms with Crippen LogP contribution in [0.25, 0.3) is 0 Å². The summed E-state index contributed by atoms with van der Waals surface area (Å²) in [4.78, 5) is 13.8. The van der Waals surface area contributed by atoms with Gasteiger partial charge in [-0.25, -0.2) is 4.99 Å². The van der Waals surface area contributed by atoms with E-state index in [1.54, 1.807) is 0 Å². The molecule has 0 radical (unpaired) electrons. The molecular weight excluding hydrogens is 267 g/mol. The summed E-state index contributed by atoms with van der Waals surface area (Å²) < 4.78 is 2.77. The number of ether oxygens (including phenoxy) is 1. The van der Waals surface area contributed by atoms with Gasteiger partial charge >= 0.3 is 4.46 Å². The molecule has 1 atom stereocenters. The number of nitrogens with zero attached hydrogens (tertiary/aromatic N) is 2. The fourth-order valence-corrected chi connectivity index (χ4v) is 1.67. The molecule has 1 aromatic carbocycles. The van der Waals surface area contributed by atoms with Gasteiger partial charge in [0, 0.05) is 0 Å². The zero-order valence-electron chi connectivity index (χ0n) is 8.55. The van der Waals surface area contributed by atoms with E-state index in [1.807, 2.05) is 30.3 Å². The van der Waals surface area contributed by atoms with E-state index in [0.29, 0.717) is 0 Å². The molecule has 1 aromatic rings. The van der Waals surface area contributed by atoms with Crippen LogP contribution in [0.15, 0.2) is 35.3 Å². The van der Waals surface area contributed by atoms with E-state index in [4.69, 9.17) is 27.9 Å². The number of benzene rings is 1. The number of rotatable bonds is 3. The summed E-state index contributed by atoms with van der Waals surface area (Å²) in [5, 5.41) is 10.6. The highest BCUT2D eigenvalue weighted by molar-refractivity contribution is 6.56. The summed E-state index contributed by atoms with van der Waals surface area (Å²) in [5.74, 6) is -0.264. The van der Waals surface area contributed by atoms with Gasteiger partial charge in [-0.3, -0.25) is 10.1 Å². The van der Waals surface area contributed by atoms with Crippen molar-refractivity contribution in [2.75, 3.05) is 6.61 Å². The van der Waals surface area contributed by atoms with Gasteiger partial charge in [-0.15, -0.1) is 0 Å². The minimum Gasteiger partial charge on any atom is -0.471 e. The number of hydrogen-bond acceptors (Lipinski definition) is 4. The van der Waals surface area contributed by atoms with E-state index in [9.17, 15) is 10.1 Å². The van der Waals surface area contributed by atoms with Crippen LogP contribution in [0.5, 0.6) is 0 Å². The fraction of sp³-hybridized carbons (Fsp3) is 0.300. The molecule has 90 valence electrons. The molecule has 1 unspecified atom stereocenters. The topological polar surface area (TPSA) is 64.7 Å². The molecule has 0 N–H and O–H groups in total. The van der Waals surface area contributed by atoms with Crippen molar-refractivity contribution < 1.29 is 9.66 Å². The third-order valence-electron chi connectivity index (χ3n) is 2.32. The quantitative estimate of drug-likeness (QED) is 0.368. The highest BCUT2D eigenvalue weighted by atomic mass is 35.5. The SMILES string of the molecule is O=[N+]([O-])C(Cl)(Cl)C1=NC(c2ccccc2)CO1. The predicted octanol–water partition coefficient (Wildman–Crippen LogP) is 2.56. The van der Waals surface area contributed by atoms with Crippen LogP contribution in [0, 0.1) is 10.1 Å². The molecule has 1 heterocycles. The van der Waals surface area contributed by atoms with E-state index in [-0.39, 0.29) is 18.5 Å². The van der Waals surface area contributed by atoms with Crippen molar-refractivity contribution in [2.45, 2.75) is 10.5 Å². The normalized spacial score (nSPS) is 19.6. The van der Waals surface area contributed by atoms with Gasteiger partial charge in [-0.1, -0.05) is 30.3 Å². The van der Waals surface area contributed by atoms with Gasteiger partial charge in [-0.2, -0.15) is 0 Å². The summed E-state index contributed by atoms with van der Waals surface area (Å²) in [6, 6.07) is 8.99. The lowest BCUT2D eigenvalue weighted by atomic mass is 10.1. The lowest BCUT2D eigenvalue weighted by molar-refractivity contribution is -0.498. The Balaban J connectivity index is 2.23. The number of hydrogen-bond donors (Lipinski definition) is 0. The number of halogens is 2. The zero-order valence-corrected chi connectivity index (χ0v) is 10.1. The van der Waals surface area contributed by atoms with Crippen molar-refractivity contribution in [1.29, 1.82) is 0 Å². The molecule has 2 rings (SSSR count). The smallest absolute Gasteiger partial charge is 0.445 e. The van der Waals surface area contributed by atoms with Crippen LogP contribution in [0.1, 0.15) is 11.6 Å². The summed E-state index contributed by atoms with van der Waals surface area (Å²) in [7, 11) is 0. The first-order valence-electron chi connectivity index (χ1n) is 4.80. The Labute approximate surface area is 107 Å². The van der Waals surface area contributed by atoms with Crippen LogP contribution in [-0.4, -0.2) is 21.9 Å². The Morgan fingerprint density at radius 2 is 2.06 bits per heavy atom.